The summed E-state index contributed by atoms with van der Waals surface area (Å²) in [5, 5.41) is 12.3. The van der Waals surface area contributed by atoms with Crippen LogP contribution in [0.5, 0.6) is 0 Å². The monoisotopic (exact) mass is 315 g/mol. The van der Waals surface area contributed by atoms with E-state index in [0.29, 0.717) is 12.1 Å². The summed E-state index contributed by atoms with van der Waals surface area (Å²) in [5.74, 6) is 0.192. The summed E-state index contributed by atoms with van der Waals surface area (Å²) in [5.41, 5.74) is 2.65. The van der Waals surface area contributed by atoms with Crippen molar-refractivity contribution in [2.24, 2.45) is 0 Å². The van der Waals surface area contributed by atoms with E-state index in [4.69, 9.17) is 5.11 Å². The van der Waals surface area contributed by atoms with E-state index < -0.39 is 5.97 Å². The van der Waals surface area contributed by atoms with Crippen LogP contribution in [0.4, 0.5) is 0 Å². The Labute approximate surface area is 135 Å². The second-order valence-corrected chi connectivity index (χ2v) is 6.44. The van der Waals surface area contributed by atoms with Crippen molar-refractivity contribution < 1.29 is 9.90 Å². The molecule has 0 heterocycles. The second-order valence-electron chi connectivity index (χ2n) is 5.11. The third-order valence-electron chi connectivity index (χ3n) is 3.50. The van der Waals surface area contributed by atoms with Crippen molar-refractivity contribution in [1.82, 2.24) is 5.32 Å². The Morgan fingerprint density at radius 1 is 1.14 bits per heavy atom. The standard InChI is InChI=1S/C18H21NO2S/c1-3-22-17-10-8-15(9-11-17)13(2)19-12-14-4-6-16(7-5-14)18(20)21/h4-11,13,19H,3,12H2,1-2H3,(H,20,21). The Kier molecular flexibility index (Phi) is 6.04. The van der Waals surface area contributed by atoms with E-state index in [1.807, 2.05) is 23.9 Å². The number of benzene rings is 2. The Bertz CT molecular complexity index is 608. The van der Waals surface area contributed by atoms with Crippen molar-refractivity contribution in [3.05, 3.63) is 65.2 Å². The maximum Gasteiger partial charge on any atom is 0.335 e. The number of thioether (sulfide) groups is 1. The van der Waals surface area contributed by atoms with Crippen LogP contribution in [-0.4, -0.2) is 16.8 Å². The normalized spacial score (nSPS) is 12.1. The molecule has 0 fully saturated rings. The van der Waals surface area contributed by atoms with Gasteiger partial charge in [0.15, 0.2) is 0 Å². The fourth-order valence-electron chi connectivity index (χ4n) is 2.17. The van der Waals surface area contributed by atoms with Gasteiger partial charge in [0.2, 0.25) is 0 Å². The van der Waals surface area contributed by atoms with Gasteiger partial charge in [-0.05, 0) is 48.1 Å². The quantitative estimate of drug-likeness (QED) is 0.746. The first-order chi connectivity index (χ1) is 10.6. The number of hydrogen-bond acceptors (Lipinski definition) is 3. The molecule has 0 amide bonds. The molecule has 0 spiro atoms. The van der Waals surface area contributed by atoms with Crippen LogP contribution in [0, 0.1) is 0 Å². The van der Waals surface area contributed by atoms with Gasteiger partial charge in [-0.3, -0.25) is 0 Å². The summed E-state index contributed by atoms with van der Waals surface area (Å²) in [7, 11) is 0. The summed E-state index contributed by atoms with van der Waals surface area (Å²) in [6, 6.07) is 15.9. The smallest absolute Gasteiger partial charge is 0.335 e. The minimum Gasteiger partial charge on any atom is -0.478 e. The average Bonchev–Trinajstić information content (AvgIpc) is 2.54. The molecule has 3 nitrogen and oxygen atoms in total. The highest BCUT2D eigenvalue weighted by Gasteiger charge is 2.06. The number of carbonyl (C=O) groups is 1. The van der Waals surface area contributed by atoms with Crippen molar-refractivity contribution in [3.8, 4) is 0 Å². The molecule has 2 rings (SSSR count). The molecular formula is C18H21NO2S. The fraction of sp³-hybridized carbons (Fsp3) is 0.278. The van der Waals surface area contributed by atoms with E-state index in [1.165, 1.54) is 10.5 Å². The van der Waals surface area contributed by atoms with Crippen LogP contribution in [0.2, 0.25) is 0 Å². The molecule has 0 saturated heterocycles. The molecule has 0 radical (unpaired) electrons. The maximum absolute atomic E-state index is 10.8. The molecule has 0 aliphatic carbocycles. The lowest BCUT2D eigenvalue weighted by atomic mass is 10.1. The van der Waals surface area contributed by atoms with Gasteiger partial charge < -0.3 is 10.4 Å². The third kappa shape index (κ3) is 4.61. The van der Waals surface area contributed by atoms with Gasteiger partial charge in [-0.15, -0.1) is 11.8 Å². The molecular weight excluding hydrogens is 294 g/mol. The molecule has 116 valence electrons. The molecule has 22 heavy (non-hydrogen) atoms. The number of carboxylic acids is 1. The van der Waals surface area contributed by atoms with Gasteiger partial charge in [0.25, 0.3) is 0 Å². The van der Waals surface area contributed by atoms with Crippen LogP contribution in [0.25, 0.3) is 0 Å². The Hall–Kier alpha value is -1.78. The zero-order valence-electron chi connectivity index (χ0n) is 12.9. The van der Waals surface area contributed by atoms with Crippen LogP contribution in [0.3, 0.4) is 0 Å². The molecule has 1 unspecified atom stereocenters. The van der Waals surface area contributed by atoms with Gasteiger partial charge in [-0.25, -0.2) is 4.79 Å². The molecule has 0 aromatic heterocycles. The molecule has 2 aromatic carbocycles. The highest BCUT2D eigenvalue weighted by Crippen LogP contribution is 2.21. The lowest BCUT2D eigenvalue weighted by molar-refractivity contribution is 0.0697. The number of carboxylic acid groups (broad SMARTS) is 1. The predicted molar refractivity (Wildman–Crippen MR) is 91.5 cm³/mol. The number of rotatable bonds is 7. The highest BCUT2D eigenvalue weighted by atomic mass is 32.2. The summed E-state index contributed by atoms with van der Waals surface area (Å²) in [4.78, 5) is 12.1. The highest BCUT2D eigenvalue weighted by molar-refractivity contribution is 7.99. The van der Waals surface area contributed by atoms with Crippen molar-refractivity contribution >= 4 is 17.7 Å². The summed E-state index contributed by atoms with van der Waals surface area (Å²) in [6.45, 7) is 5.00. The summed E-state index contributed by atoms with van der Waals surface area (Å²) in [6.07, 6.45) is 0. The fourth-order valence-corrected chi connectivity index (χ4v) is 2.84. The molecule has 2 N–H and O–H groups in total. The first-order valence-electron chi connectivity index (χ1n) is 7.38. The topological polar surface area (TPSA) is 49.3 Å². The average molecular weight is 315 g/mol. The SMILES string of the molecule is CCSc1ccc(C(C)NCc2ccc(C(=O)O)cc2)cc1. The summed E-state index contributed by atoms with van der Waals surface area (Å²) < 4.78 is 0. The van der Waals surface area contributed by atoms with E-state index in [-0.39, 0.29) is 6.04 Å². The molecule has 0 bridgehead atoms. The minimum atomic E-state index is -0.891. The Morgan fingerprint density at radius 3 is 2.32 bits per heavy atom. The lowest BCUT2D eigenvalue weighted by Gasteiger charge is -2.15. The number of aromatic carboxylic acids is 1. The third-order valence-corrected chi connectivity index (χ3v) is 4.40. The predicted octanol–water partition coefficient (Wildman–Crippen LogP) is 4.35. The van der Waals surface area contributed by atoms with Gasteiger partial charge in [0.1, 0.15) is 0 Å². The van der Waals surface area contributed by atoms with Crippen LogP contribution < -0.4 is 5.32 Å². The zero-order chi connectivity index (χ0) is 15.9. The van der Waals surface area contributed by atoms with Crippen molar-refractivity contribution in [1.29, 1.82) is 0 Å². The molecule has 0 aliphatic rings. The first-order valence-corrected chi connectivity index (χ1v) is 8.37. The van der Waals surface area contributed by atoms with E-state index in [0.717, 1.165) is 11.3 Å². The molecule has 0 saturated carbocycles. The zero-order valence-corrected chi connectivity index (χ0v) is 13.7. The van der Waals surface area contributed by atoms with Gasteiger partial charge in [0, 0.05) is 17.5 Å². The van der Waals surface area contributed by atoms with Crippen molar-refractivity contribution in [3.63, 3.8) is 0 Å². The largest absolute Gasteiger partial charge is 0.478 e. The Balaban J connectivity index is 1.91. The van der Waals surface area contributed by atoms with Gasteiger partial charge in [0.05, 0.1) is 5.56 Å². The van der Waals surface area contributed by atoms with Crippen LogP contribution in [-0.2, 0) is 6.54 Å². The van der Waals surface area contributed by atoms with E-state index in [1.54, 1.807) is 12.1 Å². The molecule has 1 atom stereocenters. The lowest BCUT2D eigenvalue weighted by Crippen LogP contribution is -2.18. The van der Waals surface area contributed by atoms with E-state index >= 15 is 0 Å². The van der Waals surface area contributed by atoms with Crippen molar-refractivity contribution in [2.45, 2.75) is 31.3 Å². The van der Waals surface area contributed by atoms with Gasteiger partial charge in [-0.1, -0.05) is 31.2 Å². The maximum atomic E-state index is 10.8. The molecule has 4 heteroatoms. The molecule has 0 aliphatic heterocycles. The van der Waals surface area contributed by atoms with Crippen LogP contribution >= 0.6 is 11.8 Å². The second kappa shape index (κ2) is 8.01. The van der Waals surface area contributed by atoms with Gasteiger partial charge >= 0.3 is 5.97 Å². The first kappa shape index (κ1) is 16.6. The van der Waals surface area contributed by atoms with E-state index in [2.05, 4.69) is 43.4 Å². The summed E-state index contributed by atoms with van der Waals surface area (Å²) >= 11 is 1.84. The number of hydrogen-bond donors (Lipinski definition) is 2. The van der Waals surface area contributed by atoms with Crippen LogP contribution in [0.1, 0.15) is 41.4 Å². The van der Waals surface area contributed by atoms with Crippen molar-refractivity contribution in [2.75, 3.05) is 5.75 Å². The van der Waals surface area contributed by atoms with Gasteiger partial charge in [-0.2, -0.15) is 0 Å². The minimum absolute atomic E-state index is 0.250. The molecule has 2 aromatic rings. The van der Waals surface area contributed by atoms with E-state index in [9.17, 15) is 4.79 Å². The Morgan fingerprint density at radius 2 is 1.77 bits per heavy atom. The van der Waals surface area contributed by atoms with Crippen LogP contribution in [0.15, 0.2) is 53.4 Å². The number of nitrogens with one attached hydrogen (secondary N) is 1.